The molecule has 3 heterocycles. The second-order valence-corrected chi connectivity index (χ2v) is 6.78. The first kappa shape index (κ1) is 21.3. The highest BCUT2D eigenvalue weighted by atomic mass is 32.1. The predicted octanol–water partition coefficient (Wildman–Crippen LogP) is 6.30. The molecule has 25 heavy (non-hydrogen) atoms. The van der Waals surface area contributed by atoms with Crippen molar-refractivity contribution in [3.63, 3.8) is 0 Å². The largest absolute Gasteiger partial charge is 0.312 e. The van der Waals surface area contributed by atoms with Crippen molar-refractivity contribution in [2.45, 2.75) is 54.5 Å². The molecule has 0 aliphatic carbocycles. The van der Waals surface area contributed by atoms with Crippen molar-refractivity contribution in [2.75, 3.05) is 6.54 Å². The Kier molecular flexibility index (Phi) is 10.0. The maximum Gasteiger partial charge on any atom is 0.0702 e. The summed E-state index contributed by atoms with van der Waals surface area (Å²) in [6.45, 7) is 14.5. The summed E-state index contributed by atoms with van der Waals surface area (Å²) in [5.74, 6) is 0. The summed E-state index contributed by atoms with van der Waals surface area (Å²) in [6.07, 6.45) is 3.12. The number of thiophene rings is 1. The van der Waals surface area contributed by atoms with Crippen LogP contribution in [0.25, 0.3) is 10.9 Å². The van der Waals surface area contributed by atoms with Crippen LogP contribution >= 0.6 is 11.3 Å². The fraction of sp³-hybridized carbons (Fsp3) is 0.409. The molecule has 2 aromatic heterocycles. The molecule has 3 aromatic rings. The molecule has 3 heteroatoms. The molecule has 1 aliphatic rings. The number of fused-ring (bicyclic) bond motifs is 2. The Morgan fingerprint density at radius 2 is 1.72 bits per heavy atom. The molecule has 0 bridgehead atoms. The highest BCUT2D eigenvalue weighted by molar-refractivity contribution is 7.12. The number of nitrogens with zero attached hydrogens (tertiary/aromatic N) is 1. The van der Waals surface area contributed by atoms with Crippen molar-refractivity contribution in [1.82, 2.24) is 10.3 Å². The van der Waals surface area contributed by atoms with Crippen molar-refractivity contribution >= 4 is 22.2 Å². The number of aromatic nitrogens is 1. The van der Waals surface area contributed by atoms with E-state index in [9.17, 15) is 0 Å². The summed E-state index contributed by atoms with van der Waals surface area (Å²) >= 11 is 1.95. The normalized spacial score (nSPS) is 11.8. The first-order valence-electron chi connectivity index (χ1n) is 9.32. The minimum Gasteiger partial charge on any atom is -0.312 e. The number of benzene rings is 1. The van der Waals surface area contributed by atoms with Gasteiger partial charge in [-0.1, -0.05) is 45.9 Å². The summed E-state index contributed by atoms with van der Waals surface area (Å²) in [5, 5.41) is 4.58. The van der Waals surface area contributed by atoms with E-state index in [0.29, 0.717) is 0 Å². The van der Waals surface area contributed by atoms with Gasteiger partial charge in [0, 0.05) is 34.4 Å². The summed E-state index contributed by atoms with van der Waals surface area (Å²) < 4.78 is 0. The van der Waals surface area contributed by atoms with Crippen molar-refractivity contribution in [3.05, 3.63) is 63.5 Å². The molecule has 1 aromatic carbocycles. The van der Waals surface area contributed by atoms with Crippen LogP contribution in [0.1, 0.15) is 48.6 Å². The lowest BCUT2D eigenvalue weighted by molar-refractivity contribution is 0.653. The molecule has 4 rings (SSSR count). The molecule has 1 N–H and O–H groups in total. The van der Waals surface area contributed by atoms with Crippen molar-refractivity contribution in [3.8, 4) is 0 Å². The molecular formula is C22H32N2S. The highest BCUT2D eigenvalue weighted by Crippen LogP contribution is 2.23. The zero-order valence-corrected chi connectivity index (χ0v) is 17.3. The molecule has 2 nitrogen and oxygen atoms in total. The van der Waals surface area contributed by atoms with Gasteiger partial charge in [-0.2, -0.15) is 0 Å². The monoisotopic (exact) mass is 356 g/mol. The number of hydrogen-bond acceptors (Lipinski definition) is 3. The van der Waals surface area contributed by atoms with Crippen LogP contribution in [0.3, 0.4) is 0 Å². The lowest BCUT2D eigenvalue weighted by Crippen LogP contribution is -2.21. The maximum absolute atomic E-state index is 4.28. The second kappa shape index (κ2) is 11.8. The molecule has 1 aliphatic heterocycles. The SMILES string of the molecule is CC.CC.Cc1cc2c(s1)CCNC2.Cc1cnc2ccccc2c1. The number of pyridine rings is 1. The Labute approximate surface area is 157 Å². The molecule has 0 atom stereocenters. The van der Waals surface area contributed by atoms with E-state index >= 15 is 0 Å². The molecule has 0 spiro atoms. The average molecular weight is 357 g/mol. The van der Waals surface area contributed by atoms with Gasteiger partial charge in [0.1, 0.15) is 0 Å². The average Bonchev–Trinajstić information content (AvgIpc) is 3.05. The van der Waals surface area contributed by atoms with Crippen LogP contribution in [-0.4, -0.2) is 11.5 Å². The highest BCUT2D eigenvalue weighted by Gasteiger charge is 2.10. The summed E-state index contributed by atoms with van der Waals surface area (Å²) in [5.41, 5.74) is 3.80. The topological polar surface area (TPSA) is 24.9 Å². The van der Waals surface area contributed by atoms with Crippen molar-refractivity contribution in [2.24, 2.45) is 0 Å². The molecule has 0 unspecified atom stereocenters. The summed E-state index contributed by atoms with van der Waals surface area (Å²) in [4.78, 5) is 7.33. The van der Waals surface area contributed by atoms with E-state index in [1.807, 2.05) is 63.4 Å². The van der Waals surface area contributed by atoms with Gasteiger partial charge in [0.25, 0.3) is 0 Å². The lowest BCUT2D eigenvalue weighted by Gasteiger charge is -2.10. The van der Waals surface area contributed by atoms with Gasteiger partial charge < -0.3 is 5.32 Å². The number of hydrogen-bond donors (Lipinski definition) is 1. The number of nitrogens with one attached hydrogen (secondary N) is 1. The summed E-state index contributed by atoms with van der Waals surface area (Å²) in [7, 11) is 0. The summed E-state index contributed by atoms with van der Waals surface area (Å²) in [6, 6.07) is 12.6. The van der Waals surface area contributed by atoms with Crippen LogP contribution in [0.4, 0.5) is 0 Å². The fourth-order valence-corrected chi connectivity index (χ4v) is 3.64. The van der Waals surface area contributed by atoms with Gasteiger partial charge in [-0.25, -0.2) is 0 Å². The third-order valence-electron chi connectivity index (χ3n) is 3.59. The molecule has 0 radical (unpaired) electrons. The fourth-order valence-electron chi connectivity index (χ4n) is 2.58. The zero-order chi connectivity index (χ0) is 18.7. The first-order chi connectivity index (χ1) is 12.2. The Morgan fingerprint density at radius 1 is 1.00 bits per heavy atom. The van der Waals surface area contributed by atoms with E-state index in [-0.39, 0.29) is 0 Å². The van der Waals surface area contributed by atoms with Gasteiger partial charge >= 0.3 is 0 Å². The van der Waals surface area contributed by atoms with Crippen LogP contribution in [0.2, 0.25) is 0 Å². The van der Waals surface area contributed by atoms with E-state index in [2.05, 4.69) is 42.3 Å². The first-order valence-corrected chi connectivity index (χ1v) is 10.1. The zero-order valence-electron chi connectivity index (χ0n) is 16.5. The maximum atomic E-state index is 4.28. The molecule has 136 valence electrons. The molecule has 0 saturated carbocycles. The molecule has 0 fully saturated rings. The van der Waals surface area contributed by atoms with E-state index < -0.39 is 0 Å². The Hall–Kier alpha value is -1.71. The van der Waals surface area contributed by atoms with E-state index in [4.69, 9.17) is 0 Å². The second-order valence-electron chi connectivity index (χ2n) is 5.44. The Bertz CT molecular complexity index is 723. The Morgan fingerprint density at radius 3 is 2.44 bits per heavy atom. The van der Waals surface area contributed by atoms with Gasteiger partial charge in [-0.05, 0) is 49.6 Å². The lowest BCUT2D eigenvalue weighted by atomic mass is 10.1. The number of para-hydroxylation sites is 1. The van der Waals surface area contributed by atoms with Crippen LogP contribution in [0.5, 0.6) is 0 Å². The minimum absolute atomic E-state index is 1.07. The molecule has 0 saturated heterocycles. The van der Waals surface area contributed by atoms with Gasteiger partial charge in [0.05, 0.1) is 5.52 Å². The van der Waals surface area contributed by atoms with Crippen molar-refractivity contribution < 1.29 is 0 Å². The van der Waals surface area contributed by atoms with Crippen LogP contribution < -0.4 is 5.32 Å². The molecule has 0 amide bonds. The van der Waals surface area contributed by atoms with Crippen LogP contribution in [0, 0.1) is 13.8 Å². The number of aryl methyl sites for hydroxylation is 2. The smallest absolute Gasteiger partial charge is 0.0702 e. The van der Waals surface area contributed by atoms with E-state index in [1.165, 1.54) is 27.8 Å². The van der Waals surface area contributed by atoms with Gasteiger partial charge in [0.2, 0.25) is 0 Å². The third kappa shape index (κ3) is 6.60. The van der Waals surface area contributed by atoms with Gasteiger partial charge in [-0.15, -0.1) is 11.3 Å². The van der Waals surface area contributed by atoms with E-state index in [1.54, 1.807) is 4.88 Å². The minimum atomic E-state index is 1.07. The predicted molar refractivity (Wildman–Crippen MR) is 114 cm³/mol. The van der Waals surface area contributed by atoms with Gasteiger partial charge in [0.15, 0.2) is 0 Å². The Balaban J connectivity index is 0.000000210. The molecular weight excluding hydrogens is 324 g/mol. The third-order valence-corrected chi connectivity index (χ3v) is 4.74. The van der Waals surface area contributed by atoms with Gasteiger partial charge in [-0.3, -0.25) is 4.98 Å². The van der Waals surface area contributed by atoms with Crippen molar-refractivity contribution in [1.29, 1.82) is 0 Å². The van der Waals surface area contributed by atoms with Crippen LogP contribution in [0.15, 0.2) is 42.6 Å². The van der Waals surface area contributed by atoms with E-state index in [0.717, 1.165) is 18.6 Å². The standard InChI is InChI=1S/C10H9N.C8H11NS.2C2H6/c1-8-6-9-4-2-3-5-10(9)11-7-8;1-6-4-7-5-9-3-2-8(7)10-6;2*1-2/h2-7H,1H3;4,9H,2-3,5H2,1H3;2*1-2H3. The number of rotatable bonds is 0. The van der Waals surface area contributed by atoms with Crippen LogP contribution in [-0.2, 0) is 13.0 Å². The quantitative estimate of drug-likeness (QED) is 0.511.